The summed E-state index contributed by atoms with van der Waals surface area (Å²) in [6, 6.07) is -0.300. The highest BCUT2D eigenvalue weighted by Crippen LogP contribution is 2.40. The predicted molar refractivity (Wildman–Crippen MR) is 76.2 cm³/mol. The van der Waals surface area contributed by atoms with E-state index in [-0.39, 0.29) is 29.6 Å². The Morgan fingerprint density at radius 1 is 1.50 bits per heavy atom. The van der Waals surface area contributed by atoms with E-state index in [1.165, 1.54) is 16.7 Å². The molecule has 2 rings (SSSR count). The summed E-state index contributed by atoms with van der Waals surface area (Å²) in [6.07, 6.45) is 3.25. The Kier molecular flexibility index (Phi) is 5.06. The SMILES string of the molecule is CCCCCN[C@@H]1C(=O)N2C(C(=O)O)=C(CO)CS[C@@H]12. The Balaban J connectivity index is 2.01. The minimum absolute atomic E-state index is 0.0344. The molecule has 2 heterocycles. The minimum atomic E-state index is -1.14. The summed E-state index contributed by atoms with van der Waals surface area (Å²) in [4.78, 5) is 24.7. The largest absolute Gasteiger partial charge is 0.477 e. The average molecular weight is 300 g/mol. The van der Waals surface area contributed by atoms with Crippen LogP contribution in [0.3, 0.4) is 0 Å². The number of thioether (sulfide) groups is 1. The smallest absolute Gasteiger partial charge is 0.352 e. The van der Waals surface area contributed by atoms with Crippen LogP contribution in [0.4, 0.5) is 0 Å². The van der Waals surface area contributed by atoms with Crippen molar-refractivity contribution in [2.75, 3.05) is 18.9 Å². The van der Waals surface area contributed by atoms with Gasteiger partial charge in [0, 0.05) is 5.75 Å². The van der Waals surface area contributed by atoms with Gasteiger partial charge in [0.15, 0.2) is 0 Å². The van der Waals surface area contributed by atoms with Crippen LogP contribution >= 0.6 is 11.8 Å². The number of nitrogens with one attached hydrogen (secondary N) is 1. The van der Waals surface area contributed by atoms with Crippen molar-refractivity contribution in [1.82, 2.24) is 10.2 Å². The molecule has 2 atom stereocenters. The Hall–Kier alpha value is -1.05. The van der Waals surface area contributed by atoms with Crippen molar-refractivity contribution in [2.45, 2.75) is 37.6 Å². The van der Waals surface area contributed by atoms with Crippen molar-refractivity contribution in [1.29, 1.82) is 0 Å². The van der Waals surface area contributed by atoms with Crippen LogP contribution in [0.15, 0.2) is 11.3 Å². The summed E-state index contributed by atoms with van der Waals surface area (Å²) >= 11 is 1.50. The lowest BCUT2D eigenvalue weighted by Gasteiger charge is -2.49. The van der Waals surface area contributed by atoms with Crippen LogP contribution in [-0.4, -0.2) is 57.3 Å². The molecule has 0 spiro atoms. The van der Waals surface area contributed by atoms with Gasteiger partial charge in [-0.05, 0) is 18.5 Å². The second kappa shape index (κ2) is 6.60. The maximum absolute atomic E-state index is 12.1. The van der Waals surface area contributed by atoms with Crippen LogP contribution in [0.1, 0.15) is 26.2 Å². The summed E-state index contributed by atoms with van der Waals surface area (Å²) in [5.74, 6) is -0.890. The predicted octanol–water partition coefficient (Wildman–Crippen LogP) is 0.381. The number of amides is 1. The normalized spacial score (nSPS) is 25.5. The molecule has 0 aromatic rings. The standard InChI is InChI=1S/C13H20N2O4S/c1-2-3-4-5-14-9-11(17)15-10(13(18)19)8(6-16)7-20-12(9)15/h9,12,14,16H,2-7H2,1H3,(H,18,19)/t9-,12+/m1/s1. The highest BCUT2D eigenvalue weighted by molar-refractivity contribution is 8.00. The van der Waals surface area contributed by atoms with Crippen molar-refractivity contribution in [3.05, 3.63) is 11.3 Å². The van der Waals surface area contributed by atoms with E-state index in [9.17, 15) is 19.8 Å². The van der Waals surface area contributed by atoms with E-state index in [0.29, 0.717) is 11.3 Å². The maximum atomic E-state index is 12.1. The number of aliphatic carboxylic acids is 1. The van der Waals surface area contributed by atoms with Gasteiger partial charge in [0.25, 0.3) is 0 Å². The van der Waals surface area contributed by atoms with Gasteiger partial charge in [0.2, 0.25) is 5.91 Å². The number of carbonyl (C=O) groups is 2. The first kappa shape index (κ1) is 15.3. The van der Waals surface area contributed by atoms with E-state index in [4.69, 9.17) is 0 Å². The fraction of sp³-hybridized carbons (Fsp3) is 0.692. The lowest BCUT2D eigenvalue weighted by atomic mass is 10.0. The Bertz CT molecular complexity index is 438. The molecule has 2 aliphatic rings. The van der Waals surface area contributed by atoms with E-state index in [1.54, 1.807) is 0 Å². The number of hydrogen-bond donors (Lipinski definition) is 3. The third-order valence-corrected chi connectivity index (χ3v) is 4.92. The molecule has 0 unspecified atom stereocenters. The number of aliphatic hydroxyl groups excluding tert-OH is 1. The zero-order valence-corrected chi connectivity index (χ0v) is 12.3. The van der Waals surface area contributed by atoms with E-state index < -0.39 is 5.97 Å². The fourth-order valence-corrected chi connectivity index (χ4v) is 3.86. The number of β-lactam (4-membered cyclic amide) rings is 1. The van der Waals surface area contributed by atoms with Gasteiger partial charge < -0.3 is 15.5 Å². The second-order valence-corrected chi connectivity index (χ2v) is 6.07. The van der Waals surface area contributed by atoms with Crippen LogP contribution < -0.4 is 5.32 Å². The van der Waals surface area contributed by atoms with Crippen molar-refractivity contribution < 1.29 is 19.8 Å². The number of carboxylic acids is 1. The van der Waals surface area contributed by atoms with Gasteiger partial charge in [-0.15, -0.1) is 11.8 Å². The Labute approximate surface area is 122 Å². The minimum Gasteiger partial charge on any atom is -0.477 e. The summed E-state index contributed by atoms with van der Waals surface area (Å²) in [7, 11) is 0. The number of carboxylic acid groups (broad SMARTS) is 1. The Morgan fingerprint density at radius 3 is 2.85 bits per heavy atom. The first-order chi connectivity index (χ1) is 9.61. The van der Waals surface area contributed by atoms with Gasteiger partial charge in [-0.2, -0.15) is 0 Å². The van der Waals surface area contributed by atoms with E-state index in [1.807, 2.05) is 0 Å². The molecule has 2 aliphatic heterocycles. The fourth-order valence-electron chi connectivity index (χ4n) is 2.49. The molecule has 1 saturated heterocycles. The Morgan fingerprint density at radius 2 is 2.25 bits per heavy atom. The molecule has 0 aromatic heterocycles. The number of aliphatic hydroxyl groups is 1. The average Bonchev–Trinajstić information content (AvgIpc) is 2.45. The summed E-state index contributed by atoms with van der Waals surface area (Å²) in [5, 5.41) is 21.5. The molecule has 1 amide bonds. The van der Waals surface area contributed by atoms with Crippen molar-refractivity contribution >= 4 is 23.6 Å². The molecule has 3 N–H and O–H groups in total. The molecule has 20 heavy (non-hydrogen) atoms. The third-order valence-electron chi connectivity index (χ3n) is 3.59. The van der Waals surface area contributed by atoms with Crippen LogP contribution in [0, 0.1) is 0 Å². The highest BCUT2D eigenvalue weighted by Gasteiger charge is 2.53. The van der Waals surface area contributed by atoms with Gasteiger partial charge in [0.1, 0.15) is 17.1 Å². The van der Waals surface area contributed by atoms with Gasteiger partial charge in [-0.3, -0.25) is 9.69 Å². The van der Waals surface area contributed by atoms with Gasteiger partial charge in [-0.25, -0.2) is 4.79 Å². The number of nitrogens with zero attached hydrogens (tertiary/aromatic N) is 1. The molecular weight excluding hydrogens is 280 g/mol. The topological polar surface area (TPSA) is 89.9 Å². The number of hydrogen-bond acceptors (Lipinski definition) is 5. The highest BCUT2D eigenvalue weighted by atomic mass is 32.2. The lowest BCUT2D eigenvalue weighted by Crippen LogP contribution is -2.70. The molecule has 112 valence electrons. The van der Waals surface area contributed by atoms with Crippen LogP contribution in [0.25, 0.3) is 0 Å². The molecule has 0 radical (unpaired) electrons. The summed E-state index contributed by atoms with van der Waals surface area (Å²) in [6.45, 7) is 2.57. The van der Waals surface area contributed by atoms with E-state index in [2.05, 4.69) is 12.2 Å². The molecule has 1 fully saturated rings. The third kappa shape index (κ3) is 2.70. The first-order valence-electron chi connectivity index (χ1n) is 6.86. The summed E-state index contributed by atoms with van der Waals surface area (Å²) in [5.41, 5.74) is 0.379. The van der Waals surface area contributed by atoms with E-state index in [0.717, 1.165) is 25.8 Å². The van der Waals surface area contributed by atoms with Crippen molar-refractivity contribution in [2.24, 2.45) is 0 Å². The molecule has 6 nitrogen and oxygen atoms in total. The molecule has 0 aromatic carbocycles. The summed E-state index contributed by atoms with van der Waals surface area (Å²) < 4.78 is 0. The molecule has 0 aliphatic carbocycles. The number of carbonyl (C=O) groups excluding carboxylic acids is 1. The van der Waals surface area contributed by atoms with Gasteiger partial charge in [0.05, 0.1) is 6.61 Å². The number of rotatable bonds is 7. The van der Waals surface area contributed by atoms with Crippen LogP contribution in [0.5, 0.6) is 0 Å². The number of unbranched alkanes of at least 4 members (excludes halogenated alkanes) is 2. The van der Waals surface area contributed by atoms with Gasteiger partial charge >= 0.3 is 5.97 Å². The van der Waals surface area contributed by atoms with Crippen molar-refractivity contribution in [3.63, 3.8) is 0 Å². The molecular formula is C13H20N2O4S. The van der Waals surface area contributed by atoms with E-state index >= 15 is 0 Å². The quantitative estimate of drug-likeness (QED) is 0.465. The van der Waals surface area contributed by atoms with Crippen molar-refractivity contribution in [3.8, 4) is 0 Å². The van der Waals surface area contributed by atoms with Gasteiger partial charge in [-0.1, -0.05) is 19.8 Å². The molecule has 0 saturated carbocycles. The molecule has 0 bridgehead atoms. The van der Waals surface area contributed by atoms with Crippen LogP contribution in [-0.2, 0) is 9.59 Å². The monoisotopic (exact) mass is 300 g/mol. The molecule has 7 heteroatoms. The zero-order valence-electron chi connectivity index (χ0n) is 11.5. The second-order valence-electron chi connectivity index (χ2n) is 4.96. The lowest BCUT2D eigenvalue weighted by molar-refractivity contribution is -0.149. The number of fused-ring (bicyclic) bond motifs is 1. The maximum Gasteiger partial charge on any atom is 0.352 e. The van der Waals surface area contributed by atoms with Crippen LogP contribution in [0.2, 0.25) is 0 Å². The first-order valence-corrected chi connectivity index (χ1v) is 7.91. The zero-order chi connectivity index (χ0) is 14.7.